The van der Waals surface area contributed by atoms with E-state index in [1.165, 1.54) is 0 Å². The van der Waals surface area contributed by atoms with Crippen LogP contribution < -0.4 is 10.6 Å². The summed E-state index contributed by atoms with van der Waals surface area (Å²) >= 11 is 0. The number of ketones is 1. The second-order valence-electron chi connectivity index (χ2n) is 5.86. The molecule has 1 heterocycles. The van der Waals surface area contributed by atoms with Crippen LogP contribution in [0.25, 0.3) is 0 Å². The zero-order chi connectivity index (χ0) is 14.9. The highest BCUT2D eigenvalue weighted by molar-refractivity contribution is 5.86. The number of carbonyl (C=O) groups excluding carboxylic acids is 1. The number of hydrogen-bond acceptors (Lipinski definition) is 4. The molecule has 1 saturated carbocycles. The normalized spacial score (nSPS) is 25.6. The van der Waals surface area contributed by atoms with E-state index in [-0.39, 0.29) is 19.7 Å². The zero-order valence-corrected chi connectivity index (χ0v) is 11.4. The summed E-state index contributed by atoms with van der Waals surface area (Å²) in [7, 11) is 0. The summed E-state index contributed by atoms with van der Waals surface area (Å²) in [6.45, 7) is -0.00238. The number of aliphatic hydroxyl groups is 1. The van der Waals surface area contributed by atoms with Crippen molar-refractivity contribution < 1.29 is 23.1 Å². The number of halogens is 3. The molecule has 2 aliphatic rings. The molecule has 0 aromatic rings. The summed E-state index contributed by atoms with van der Waals surface area (Å²) in [4.78, 5) is 12.4. The molecule has 0 spiro atoms. The first-order valence-corrected chi connectivity index (χ1v) is 7.06. The molecule has 7 heteroatoms. The topological polar surface area (TPSA) is 61.4 Å². The minimum absolute atomic E-state index is 0.179. The summed E-state index contributed by atoms with van der Waals surface area (Å²) < 4.78 is 39.7. The fraction of sp³-hybridized carbons (Fsp3) is 0.923. The van der Waals surface area contributed by atoms with Gasteiger partial charge in [-0.05, 0) is 12.8 Å². The molecule has 116 valence electrons. The molecule has 0 radical (unpaired) electrons. The minimum Gasteiger partial charge on any atom is -0.395 e. The van der Waals surface area contributed by atoms with Gasteiger partial charge >= 0.3 is 6.18 Å². The largest absolute Gasteiger partial charge is 0.420 e. The second kappa shape index (κ2) is 5.61. The maximum absolute atomic E-state index is 13.2. The lowest BCUT2D eigenvalue weighted by molar-refractivity contribution is -0.203. The molecular formula is C13H21F3N2O2. The van der Waals surface area contributed by atoms with Crippen LogP contribution in [0.15, 0.2) is 0 Å². The van der Waals surface area contributed by atoms with Crippen molar-refractivity contribution >= 4 is 5.78 Å². The van der Waals surface area contributed by atoms with Gasteiger partial charge in [0.25, 0.3) is 0 Å². The lowest BCUT2D eigenvalue weighted by atomic mass is 9.70. The SMILES string of the molecule is O=C(CC1(C(F)(F)F)NCCN1)C1(CO)CCCCC1. The van der Waals surface area contributed by atoms with Crippen LogP contribution in [-0.4, -0.2) is 42.4 Å². The Morgan fingerprint density at radius 1 is 1.10 bits per heavy atom. The highest BCUT2D eigenvalue weighted by Crippen LogP contribution is 2.41. The average Bonchev–Trinajstić information content (AvgIpc) is 2.89. The van der Waals surface area contributed by atoms with Crippen LogP contribution in [0, 0.1) is 5.41 Å². The quantitative estimate of drug-likeness (QED) is 0.732. The third-order valence-corrected chi connectivity index (χ3v) is 4.59. The highest BCUT2D eigenvalue weighted by atomic mass is 19.4. The Labute approximate surface area is 116 Å². The standard InChI is InChI=1S/C13H21F3N2O2/c14-13(15,16)12(17-6-7-18-12)8-10(20)11(9-19)4-2-1-3-5-11/h17-19H,1-9H2. The molecule has 1 saturated heterocycles. The number of aliphatic hydroxyl groups excluding tert-OH is 1. The van der Waals surface area contributed by atoms with Crippen LogP contribution in [0.5, 0.6) is 0 Å². The third-order valence-electron chi connectivity index (χ3n) is 4.59. The highest BCUT2D eigenvalue weighted by Gasteiger charge is 2.58. The van der Waals surface area contributed by atoms with E-state index in [0.29, 0.717) is 12.8 Å². The van der Waals surface area contributed by atoms with Crippen LogP contribution in [-0.2, 0) is 4.79 Å². The molecule has 20 heavy (non-hydrogen) atoms. The molecule has 4 nitrogen and oxygen atoms in total. The number of hydrogen-bond donors (Lipinski definition) is 3. The Bertz CT molecular complexity index is 359. The lowest BCUT2D eigenvalue weighted by Gasteiger charge is -2.38. The van der Waals surface area contributed by atoms with Crippen LogP contribution in [0.2, 0.25) is 0 Å². The van der Waals surface area contributed by atoms with Gasteiger partial charge < -0.3 is 5.11 Å². The summed E-state index contributed by atoms with van der Waals surface area (Å²) in [6, 6.07) is 0. The van der Waals surface area contributed by atoms with Gasteiger partial charge in [0.15, 0.2) is 5.66 Å². The van der Waals surface area contributed by atoms with Gasteiger partial charge in [-0.25, -0.2) is 0 Å². The van der Waals surface area contributed by atoms with E-state index < -0.39 is 29.5 Å². The molecule has 2 fully saturated rings. The van der Waals surface area contributed by atoms with Crippen LogP contribution in [0.4, 0.5) is 13.2 Å². The van der Waals surface area contributed by atoms with Crippen molar-refractivity contribution in [2.75, 3.05) is 19.7 Å². The van der Waals surface area contributed by atoms with Gasteiger partial charge in [0.05, 0.1) is 12.0 Å². The predicted molar refractivity (Wildman–Crippen MR) is 67.0 cm³/mol. The zero-order valence-electron chi connectivity index (χ0n) is 11.4. The first kappa shape index (κ1) is 15.7. The van der Waals surface area contributed by atoms with E-state index >= 15 is 0 Å². The van der Waals surface area contributed by atoms with Crippen molar-refractivity contribution in [3.05, 3.63) is 0 Å². The number of Topliss-reactive ketones (excluding diaryl/α,β-unsaturated/α-hetero) is 1. The molecule has 0 unspecified atom stereocenters. The number of carbonyl (C=O) groups is 1. The summed E-state index contributed by atoms with van der Waals surface area (Å²) in [6.07, 6.45) is -1.69. The smallest absolute Gasteiger partial charge is 0.395 e. The molecule has 0 atom stereocenters. The Kier molecular flexibility index (Phi) is 4.41. The molecule has 0 amide bonds. The molecule has 1 aliphatic carbocycles. The molecular weight excluding hydrogens is 273 g/mol. The van der Waals surface area contributed by atoms with Crippen molar-refractivity contribution in [2.45, 2.75) is 50.4 Å². The molecule has 0 aromatic heterocycles. The van der Waals surface area contributed by atoms with E-state index in [0.717, 1.165) is 19.3 Å². The number of rotatable bonds is 4. The number of alkyl halides is 3. The van der Waals surface area contributed by atoms with Crippen molar-refractivity contribution in [3.63, 3.8) is 0 Å². The Balaban J connectivity index is 2.16. The Morgan fingerprint density at radius 2 is 1.65 bits per heavy atom. The molecule has 0 bridgehead atoms. The van der Waals surface area contributed by atoms with Crippen LogP contribution in [0.1, 0.15) is 38.5 Å². The summed E-state index contributed by atoms with van der Waals surface area (Å²) in [5.41, 5.74) is -3.31. The third kappa shape index (κ3) is 2.71. The lowest BCUT2D eigenvalue weighted by Crippen LogP contribution is -2.62. The van der Waals surface area contributed by atoms with Crippen LogP contribution >= 0.6 is 0 Å². The van der Waals surface area contributed by atoms with E-state index in [4.69, 9.17) is 0 Å². The monoisotopic (exact) mass is 294 g/mol. The minimum atomic E-state index is -4.54. The van der Waals surface area contributed by atoms with E-state index in [1.807, 2.05) is 0 Å². The van der Waals surface area contributed by atoms with Crippen LogP contribution in [0.3, 0.4) is 0 Å². The Morgan fingerprint density at radius 3 is 2.10 bits per heavy atom. The van der Waals surface area contributed by atoms with Gasteiger partial charge in [0.1, 0.15) is 5.78 Å². The van der Waals surface area contributed by atoms with E-state index in [2.05, 4.69) is 10.6 Å². The first-order chi connectivity index (χ1) is 9.35. The van der Waals surface area contributed by atoms with Crippen molar-refractivity contribution in [2.24, 2.45) is 5.41 Å². The molecule has 3 N–H and O–H groups in total. The van der Waals surface area contributed by atoms with E-state index in [1.54, 1.807) is 0 Å². The number of nitrogens with one attached hydrogen (secondary N) is 2. The van der Waals surface area contributed by atoms with Crippen molar-refractivity contribution in [1.29, 1.82) is 0 Å². The van der Waals surface area contributed by atoms with Gasteiger partial charge in [-0.3, -0.25) is 15.4 Å². The maximum atomic E-state index is 13.2. The predicted octanol–water partition coefficient (Wildman–Crippen LogP) is 1.34. The van der Waals surface area contributed by atoms with E-state index in [9.17, 15) is 23.1 Å². The van der Waals surface area contributed by atoms with Gasteiger partial charge in [-0.2, -0.15) is 13.2 Å². The second-order valence-corrected chi connectivity index (χ2v) is 5.86. The van der Waals surface area contributed by atoms with Crippen molar-refractivity contribution in [3.8, 4) is 0 Å². The fourth-order valence-corrected chi connectivity index (χ4v) is 3.22. The molecule has 1 aliphatic heterocycles. The van der Waals surface area contributed by atoms with Gasteiger partial charge in [0.2, 0.25) is 0 Å². The summed E-state index contributed by atoms with van der Waals surface area (Å²) in [5, 5.41) is 14.3. The fourth-order valence-electron chi connectivity index (χ4n) is 3.22. The maximum Gasteiger partial charge on any atom is 0.420 e. The van der Waals surface area contributed by atoms with Gasteiger partial charge in [-0.15, -0.1) is 0 Å². The molecule has 0 aromatic carbocycles. The average molecular weight is 294 g/mol. The molecule has 2 rings (SSSR count). The van der Waals surface area contributed by atoms with Gasteiger partial charge in [-0.1, -0.05) is 19.3 Å². The summed E-state index contributed by atoms with van der Waals surface area (Å²) in [5.74, 6) is -0.487. The van der Waals surface area contributed by atoms with Gasteiger partial charge in [0, 0.05) is 19.5 Å². The first-order valence-electron chi connectivity index (χ1n) is 7.06. The van der Waals surface area contributed by atoms with Crippen molar-refractivity contribution in [1.82, 2.24) is 10.6 Å². The Hall–Kier alpha value is -0.660.